The molecule has 2 heterocycles. The maximum atomic E-state index is 11.6. The third kappa shape index (κ3) is 4.81. The van der Waals surface area contributed by atoms with E-state index < -0.39 is 6.10 Å². The summed E-state index contributed by atoms with van der Waals surface area (Å²) in [4.78, 5) is 11.6. The highest BCUT2D eigenvalue weighted by Gasteiger charge is 2.15. The highest BCUT2D eigenvalue weighted by molar-refractivity contribution is 5.77. The Kier molecular flexibility index (Phi) is 6.51. The SMILES string of the molecule is COC(=O)C(C)c1ccc(OCCNC[C@H](O)c2ccc3nnnn3c2)cc1. The molecule has 0 spiro atoms. The number of benzene rings is 1. The number of carbonyl (C=O) groups is 1. The lowest BCUT2D eigenvalue weighted by Gasteiger charge is -2.13. The Bertz CT molecular complexity index is 912. The highest BCUT2D eigenvalue weighted by atomic mass is 16.5. The number of hydrogen-bond acceptors (Lipinski definition) is 8. The number of aliphatic hydroxyl groups is 1. The van der Waals surface area contributed by atoms with Gasteiger partial charge in [0.2, 0.25) is 0 Å². The van der Waals surface area contributed by atoms with Gasteiger partial charge in [0.25, 0.3) is 0 Å². The first kappa shape index (κ1) is 19.7. The summed E-state index contributed by atoms with van der Waals surface area (Å²) in [5.74, 6) is 0.137. The van der Waals surface area contributed by atoms with Gasteiger partial charge in [-0.15, -0.1) is 5.10 Å². The van der Waals surface area contributed by atoms with Crippen LogP contribution < -0.4 is 10.1 Å². The molecule has 0 fully saturated rings. The Labute approximate surface area is 162 Å². The fraction of sp³-hybridized carbons (Fsp3) is 0.368. The first-order valence-electron chi connectivity index (χ1n) is 8.95. The molecule has 0 radical (unpaired) electrons. The molecule has 28 heavy (non-hydrogen) atoms. The van der Waals surface area contributed by atoms with E-state index in [1.165, 1.54) is 11.6 Å². The van der Waals surface area contributed by atoms with Crippen LogP contribution in [0.4, 0.5) is 0 Å². The fourth-order valence-electron chi connectivity index (χ4n) is 2.72. The van der Waals surface area contributed by atoms with Gasteiger partial charge < -0.3 is 19.9 Å². The summed E-state index contributed by atoms with van der Waals surface area (Å²) in [7, 11) is 1.38. The van der Waals surface area contributed by atoms with Crippen molar-refractivity contribution in [2.45, 2.75) is 18.9 Å². The molecule has 0 aliphatic rings. The van der Waals surface area contributed by atoms with E-state index >= 15 is 0 Å². The van der Waals surface area contributed by atoms with Crippen molar-refractivity contribution >= 4 is 11.6 Å². The Balaban J connectivity index is 1.40. The van der Waals surface area contributed by atoms with Gasteiger partial charge in [0.15, 0.2) is 5.65 Å². The molecule has 0 aliphatic heterocycles. The zero-order valence-corrected chi connectivity index (χ0v) is 15.8. The van der Waals surface area contributed by atoms with Crippen LogP contribution in [-0.4, -0.2) is 57.9 Å². The van der Waals surface area contributed by atoms with Gasteiger partial charge >= 0.3 is 5.97 Å². The number of methoxy groups -OCH3 is 1. The number of tetrazole rings is 1. The third-order valence-corrected chi connectivity index (χ3v) is 4.42. The zero-order chi connectivity index (χ0) is 19.9. The lowest BCUT2D eigenvalue weighted by molar-refractivity contribution is -0.141. The van der Waals surface area contributed by atoms with Gasteiger partial charge in [-0.1, -0.05) is 18.2 Å². The van der Waals surface area contributed by atoms with Crippen LogP contribution in [0.1, 0.15) is 30.1 Å². The van der Waals surface area contributed by atoms with Gasteiger partial charge in [-0.05, 0) is 41.1 Å². The smallest absolute Gasteiger partial charge is 0.312 e. The minimum Gasteiger partial charge on any atom is -0.492 e. The van der Waals surface area contributed by atoms with Gasteiger partial charge in [-0.25, -0.2) is 4.52 Å². The lowest BCUT2D eigenvalue weighted by Crippen LogP contribution is -2.26. The molecule has 0 saturated heterocycles. The molecule has 0 saturated carbocycles. The maximum absolute atomic E-state index is 11.6. The zero-order valence-electron chi connectivity index (χ0n) is 15.8. The van der Waals surface area contributed by atoms with Gasteiger partial charge in [0.05, 0.1) is 19.1 Å². The standard InChI is InChI=1S/C19H23N5O4/c1-13(19(26)27-2)14-3-6-16(7-4-14)28-10-9-20-11-17(25)15-5-8-18-21-22-23-24(18)12-15/h3-8,12-13,17,20,25H,9-11H2,1-2H3/t13?,17-/m0/s1. The number of fused-ring (bicyclic) bond motifs is 1. The normalized spacial score (nSPS) is 13.2. The van der Waals surface area contributed by atoms with Crippen molar-refractivity contribution in [3.63, 3.8) is 0 Å². The van der Waals surface area contributed by atoms with Gasteiger partial charge in [0, 0.05) is 24.8 Å². The second kappa shape index (κ2) is 9.25. The summed E-state index contributed by atoms with van der Waals surface area (Å²) >= 11 is 0. The number of pyridine rings is 1. The number of nitrogens with one attached hydrogen (secondary N) is 1. The molecule has 2 aromatic heterocycles. The number of rotatable bonds is 9. The predicted octanol–water partition coefficient (Wildman–Crippen LogP) is 1.10. The quantitative estimate of drug-likeness (QED) is 0.416. The topological polar surface area (TPSA) is 111 Å². The second-order valence-electron chi connectivity index (χ2n) is 6.33. The molecular formula is C19H23N5O4. The fourth-order valence-corrected chi connectivity index (χ4v) is 2.72. The molecule has 1 unspecified atom stereocenters. The number of carbonyl (C=O) groups excluding carboxylic acids is 1. The van der Waals surface area contributed by atoms with E-state index in [0.717, 1.165) is 11.1 Å². The van der Waals surface area contributed by atoms with Crippen molar-refractivity contribution < 1.29 is 19.4 Å². The summed E-state index contributed by atoms with van der Waals surface area (Å²) in [5.41, 5.74) is 2.23. The molecule has 0 aliphatic carbocycles. The second-order valence-corrected chi connectivity index (χ2v) is 6.33. The Morgan fingerprint density at radius 1 is 1.21 bits per heavy atom. The van der Waals surface area contributed by atoms with Crippen molar-refractivity contribution in [3.8, 4) is 5.75 Å². The predicted molar refractivity (Wildman–Crippen MR) is 101 cm³/mol. The Morgan fingerprint density at radius 2 is 1.96 bits per heavy atom. The van der Waals surface area contributed by atoms with E-state index in [9.17, 15) is 9.90 Å². The molecule has 3 rings (SSSR count). The highest BCUT2D eigenvalue weighted by Crippen LogP contribution is 2.20. The van der Waals surface area contributed by atoms with Crippen LogP contribution in [-0.2, 0) is 9.53 Å². The molecule has 9 nitrogen and oxygen atoms in total. The molecule has 9 heteroatoms. The van der Waals surface area contributed by atoms with Gasteiger partial charge in [0.1, 0.15) is 12.4 Å². The van der Waals surface area contributed by atoms with Crippen LogP contribution in [0.25, 0.3) is 5.65 Å². The number of aromatic nitrogens is 4. The summed E-state index contributed by atoms with van der Waals surface area (Å²) in [5, 5.41) is 24.6. The summed E-state index contributed by atoms with van der Waals surface area (Å²) < 4.78 is 11.9. The maximum Gasteiger partial charge on any atom is 0.312 e. The van der Waals surface area contributed by atoms with Crippen molar-refractivity contribution in [2.24, 2.45) is 0 Å². The third-order valence-electron chi connectivity index (χ3n) is 4.42. The lowest BCUT2D eigenvalue weighted by atomic mass is 10.0. The van der Waals surface area contributed by atoms with Gasteiger partial charge in [-0.2, -0.15) is 0 Å². The minimum absolute atomic E-state index is 0.268. The van der Waals surface area contributed by atoms with Crippen LogP contribution in [0.2, 0.25) is 0 Å². The van der Waals surface area contributed by atoms with Crippen LogP contribution in [0.5, 0.6) is 5.75 Å². The number of esters is 1. The summed E-state index contributed by atoms with van der Waals surface area (Å²) in [6, 6.07) is 10.9. The number of nitrogens with zero attached hydrogens (tertiary/aromatic N) is 4. The number of aliphatic hydroxyl groups excluding tert-OH is 1. The molecule has 1 aromatic carbocycles. The summed E-state index contributed by atoms with van der Waals surface area (Å²) in [6.07, 6.45) is 1.03. The minimum atomic E-state index is -0.673. The average molecular weight is 385 g/mol. The van der Waals surface area contributed by atoms with Gasteiger partial charge in [-0.3, -0.25) is 4.79 Å². The molecular weight excluding hydrogens is 362 g/mol. The Hall–Kier alpha value is -3.04. The Morgan fingerprint density at radius 3 is 2.71 bits per heavy atom. The van der Waals surface area contributed by atoms with Crippen LogP contribution >= 0.6 is 0 Å². The molecule has 0 bridgehead atoms. The molecule has 2 N–H and O–H groups in total. The molecule has 2 atom stereocenters. The van der Waals surface area contributed by atoms with Crippen molar-refractivity contribution in [1.29, 1.82) is 0 Å². The van der Waals surface area contributed by atoms with E-state index in [-0.39, 0.29) is 11.9 Å². The van der Waals surface area contributed by atoms with E-state index in [1.54, 1.807) is 25.3 Å². The monoisotopic (exact) mass is 385 g/mol. The molecule has 148 valence electrons. The summed E-state index contributed by atoms with van der Waals surface area (Å²) in [6.45, 7) is 3.20. The molecule has 0 amide bonds. The van der Waals surface area contributed by atoms with Crippen LogP contribution in [0.15, 0.2) is 42.6 Å². The van der Waals surface area contributed by atoms with Crippen LogP contribution in [0.3, 0.4) is 0 Å². The first-order valence-corrected chi connectivity index (χ1v) is 8.95. The van der Waals surface area contributed by atoms with E-state index in [0.29, 0.717) is 31.1 Å². The number of ether oxygens (including phenoxy) is 2. The average Bonchev–Trinajstić information content (AvgIpc) is 3.20. The molecule has 3 aromatic rings. The first-order chi connectivity index (χ1) is 13.6. The van der Waals surface area contributed by atoms with Crippen molar-refractivity contribution in [1.82, 2.24) is 25.4 Å². The number of hydrogen-bond donors (Lipinski definition) is 2. The van der Waals surface area contributed by atoms with E-state index in [4.69, 9.17) is 9.47 Å². The largest absolute Gasteiger partial charge is 0.492 e. The van der Waals surface area contributed by atoms with Crippen LogP contribution in [0, 0.1) is 0 Å². The van der Waals surface area contributed by atoms with E-state index in [1.807, 2.05) is 24.3 Å². The van der Waals surface area contributed by atoms with Crippen molar-refractivity contribution in [2.75, 3.05) is 26.8 Å². The van der Waals surface area contributed by atoms with E-state index in [2.05, 4.69) is 20.8 Å². The van der Waals surface area contributed by atoms with Crippen molar-refractivity contribution in [3.05, 3.63) is 53.7 Å².